The molecule has 0 N–H and O–H groups in total. The van der Waals surface area contributed by atoms with Gasteiger partial charge in [0.05, 0.1) is 11.4 Å². The zero-order valence-corrected chi connectivity index (χ0v) is 17.7. The van der Waals surface area contributed by atoms with E-state index in [-0.39, 0.29) is 0 Å². The fraction of sp³-hybridized carbons (Fsp3) is 0.300. The first-order valence-electron chi connectivity index (χ1n) is 8.47. The maximum absolute atomic E-state index is 5.19. The Bertz CT molecular complexity index is 656. The van der Waals surface area contributed by atoms with Gasteiger partial charge < -0.3 is 9.32 Å². The SMILES string of the molecule is C[Si](C)(C)N=C(C(=N[Si](C)(C)C)c1ccccc1)c1ccccc1. The predicted octanol–water partition coefficient (Wildman–Crippen LogP) is 5.63. The van der Waals surface area contributed by atoms with Crippen LogP contribution in [0, 0.1) is 0 Å². The monoisotopic (exact) mass is 352 g/mol. The molecule has 126 valence electrons. The van der Waals surface area contributed by atoms with E-state index in [1.165, 1.54) is 0 Å². The van der Waals surface area contributed by atoms with Gasteiger partial charge in [-0.1, -0.05) is 60.7 Å². The van der Waals surface area contributed by atoms with Crippen LogP contribution in [0.5, 0.6) is 0 Å². The smallest absolute Gasteiger partial charge is 0.173 e. The van der Waals surface area contributed by atoms with E-state index in [4.69, 9.17) is 9.32 Å². The second-order valence-corrected chi connectivity index (χ2v) is 17.1. The summed E-state index contributed by atoms with van der Waals surface area (Å²) in [6.45, 7) is 13.6. The van der Waals surface area contributed by atoms with E-state index in [1.54, 1.807) is 0 Å². The van der Waals surface area contributed by atoms with E-state index in [0.717, 1.165) is 22.6 Å². The van der Waals surface area contributed by atoms with Crippen molar-refractivity contribution in [2.75, 3.05) is 0 Å². The average molecular weight is 353 g/mol. The van der Waals surface area contributed by atoms with Gasteiger partial charge in [-0.25, -0.2) is 0 Å². The summed E-state index contributed by atoms with van der Waals surface area (Å²) in [5, 5.41) is 0. The summed E-state index contributed by atoms with van der Waals surface area (Å²) in [7, 11) is -3.30. The molecular weight excluding hydrogens is 324 g/mol. The Morgan fingerprint density at radius 2 is 0.833 bits per heavy atom. The summed E-state index contributed by atoms with van der Waals surface area (Å²) in [6.07, 6.45) is 0. The van der Waals surface area contributed by atoms with Crippen LogP contribution in [-0.2, 0) is 0 Å². The molecule has 0 amide bonds. The Labute approximate surface area is 148 Å². The lowest BCUT2D eigenvalue weighted by Crippen LogP contribution is -2.29. The van der Waals surface area contributed by atoms with Crippen molar-refractivity contribution in [3.05, 3.63) is 71.8 Å². The van der Waals surface area contributed by atoms with Gasteiger partial charge in [-0.3, -0.25) is 0 Å². The third-order valence-electron chi connectivity index (χ3n) is 3.21. The lowest BCUT2D eigenvalue weighted by atomic mass is 10.0. The molecule has 0 unspecified atom stereocenters. The summed E-state index contributed by atoms with van der Waals surface area (Å²) < 4.78 is 10.4. The molecule has 24 heavy (non-hydrogen) atoms. The van der Waals surface area contributed by atoms with Crippen LogP contribution in [0.1, 0.15) is 11.1 Å². The molecule has 0 fully saturated rings. The van der Waals surface area contributed by atoms with Crippen molar-refractivity contribution in [1.29, 1.82) is 0 Å². The number of benzene rings is 2. The van der Waals surface area contributed by atoms with Crippen molar-refractivity contribution in [3.63, 3.8) is 0 Å². The van der Waals surface area contributed by atoms with Crippen LogP contribution in [-0.4, -0.2) is 27.9 Å². The standard InChI is InChI=1S/C20H28N2Si2/c1-23(2,3)21-19(17-13-9-7-10-14-17)20(22-24(4,5)6)18-15-11-8-12-16-18/h7-16H,1-6H3. The van der Waals surface area contributed by atoms with E-state index < -0.39 is 16.5 Å². The first kappa shape index (κ1) is 18.6. The minimum atomic E-state index is -1.65. The van der Waals surface area contributed by atoms with E-state index in [0.29, 0.717) is 0 Å². The molecule has 2 nitrogen and oxygen atoms in total. The van der Waals surface area contributed by atoms with Crippen LogP contribution in [0.15, 0.2) is 70.0 Å². The molecule has 0 spiro atoms. The Morgan fingerprint density at radius 1 is 0.542 bits per heavy atom. The second-order valence-electron chi connectivity index (χ2n) is 7.99. The summed E-state index contributed by atoms with van der Waals surface area (Å²) in [5.74, 6) is 0. The molecule has 4 heteroatoms. The molecular formula is C20H28N2Si2. The van der Waals surface area contributed by atoms with E-state index in [9.17, 15) is 0 Å². The molecule has 0 aromatic heterocycles. The highest BCUT2D eigenvalue weighted by Gasteiger charge is 2.22. The molecule has 0 aliphatic heterocycles. The van der Waals surface area contributed by atoms with Crippen LogP contribution in [0.2, 0.25) is 39.3 Å². The minimum absolute atomic E-state index is 1.04. The van der Waals surface area contributed by atoms with Crippen molar-refractivity contribution < 1.29 is 0 Å². The highest BCUT2D eigenvalue weighted by molar-refractivity contribution is 6.80. The third kappa shape index (κ3) is 5.69. The van der Waals surface area contributed by atoms with E-state index in [1.807, 2.05) is 12.1 Å². The fourth-order valence-corrected chi connectivity index (χ4v) is 4.18. The van der Waals surface area contributed by atoms with Gasteiger partial charge in [-0.15, -0.1) is 0 Å². The summed E-state index contributed by atoms with van der Waals surface area (Å²) in [6, 6.07) is 21.0. The molecule has 0 saturated carbocycles. The number of rotatable bonds is 5. The number of nitrogens with zero attached hydrogens (tertiary/aromatic N) is 2. The zero-order valence-electron chi connectivity index (χ0n) is 15.7. The van der Waals surface area contributed by atoms with Crippen molar-refractivity contribution in [3.8, 4) is 0 Å². The van der Waals surface area contributed by atoms with Crippen LogP contribution < -0.4 is 0 Å². The highest BCUT2D eigenvalue weighted by atomic mass is 28.3. The highest BCUT2D eigenvalue weighted by Crippen LogP contribution is 2.17. The van der Waals surface area contributed by atoms with Gasteiger partial charge in [0, 0.05) is 11.1 Å². The summed E-state index contributed by atoms with van der Waals surface area (Å²) >= 11 is 0. The Balaban J connectivity index is 2.71. The number of hydrogen-bond acceptors (Lipinski definition) is 2. The predicted molar refractivity (Wildman–Crippen MR) is 113 cm³/mol. The van der Waals surface area contributed by atoms with Crippen LogP contribution in [0.4, 0.5) is 0 Å². The molecule has 2 aromatic rings. The van der Waals surface area contributed by atoms with Gasteiger partial charge >= 0.3 is 0 Å². The maximum atomic E-state index is 5.19. The van der Waals surface area contributed by atoms with Gasteiger partial charge in [0.25, 0.3) is 0 Å². The van der Waals surface area contributed by atoms with E-state index >= 15 is 0 Å². The largest absolute Gasteiger partial charge is 0.319 e. The van der Waals surface area contributed by atoms with Gasteiger partial charge in [0.1, 0.15) is 0 Å². The van der Waals surface area contributed by atoms with Crippen molar-refractivity contribution in [2.45, 2.75) is 39.3 Å². The molecule has 2 aromatic carbocycles. The third-order valence-corrected chi connectivity index (χ3v) is 5.00. The zero-order chi connectivity index (χ0) is 17.8. The summed E-state index contributed by atoms with van der Waals surface area (Å²) in [4.78, 5) is 0. The van der Waals surface area contributed by atoms with Gasteiger partial charge in [0.15, 0.2) is 16.5 Å². The molecule has 2 rings (SSSR count). The van der Waals surface area contributed by atoms with Crippen LogP contribution >= 0.6 is 0 Å². The van der Waals surface area contributed by atoms with Gasteiger partial charge in [-0.2, -0.15) is 0 Å². The van der Waals surface area contributed by atoms with Crippen molar-refractivity contribution in [1.82, 2.24) is 0 Å². The molecule has 0 aliphatic rings. The number of hydrogen-bond donors (Lipinski definition) is 0. The quantitative estimate of drug-likeness (QED) is 0.492. The normalized spacial score (nSPS) is 13.9. The van der Waals surface area contributed by atoms with Crippen molar-refractivity contribution in [2.24, 2.45) is 9.32 Å². The van der Waals surface area contributed by atoms with Crippen LogP contribution in [0.25, 0.3) is 0 Å². The lowest BCUT2D eigenvalue weighted by molar-refractivity contribution is 1.50. The molecule has 0 heterocycles. The fourth-order valence-electron chi connectivity index (χ4n) is 2.37. The van der Waals surface area contributed by atoms with E-state index in [2.05, 4.69) is 87.8 Å². The molecule has 0 aliphatic carbocycles. The Hall–Kier alpha value is -1.79. The van der Waals surface area contributed by atoms with Crippen LogP contribution in [0.3, 0.4) is 0 Å². The van der Waals surface area contributed by atoms with Gasteiger partial charge in [0.2, 0.25) is 0 Å². The minimum Gasteiger partial charge on any atom is -0.319 e. The summed E-state index contributed by atoms with van der Waals surface area (Å²) in [5.41, 5.74) is 4.40. The van der Waals surface area contributed by atoms with Crippen molar-refractivity contribution >= 4 is 27.9 Å². The lowest BCUT2D eigenvalue weighted by Gasteiger charge is -2.20. The first-order chi connectivity index (χ1) is 11.2. The Kier molecular flexibility index (Phi) is 5.72. The molecule has 0 radical (unpaired) electrons. The first-order valence-corrected chi connectivity index (χ1v) is 15.4. The topological polar surface area (TPSA) is 24.7 Å². The molecule has 0 atom stereocenters. The average Bonchev–Trinajstić information content (AvgIpc) is 2.50. The maximum Gasteiger partial charge on any atom is 0.173 e. The second kappa shape index (κ2) is 7.40. The Morgan fingerprint density at radius 3 is 1.08 bits per heavy atom. The van der Waals surface area contributed by atoms with Gasteiger partial charge in [-0.05, 0) is 39.3 Å². The molecule has 0 bridgehead atoms. The molecule has 0 saturated heterocycles.